The number of hydrogen-bond donors (Lipinski definition) is 0. The second-order valence-corrected chi connectivity index (χ2v) is 9.62. The third-order valence-electron chi connectivity index (χ3n) is 4.11. The fraction of sp³-hybridized carbons (Fsp3) is 0.714. The molecule has 0 aliphatic rings. The quantitative estimate of drug-likeness (QED) is 0.397. The third-order valence-corrected chi connectivity index (χ3v) is 5.17. The summed E-state index contributed by atoms with van der Waals surface area (Å²) in [7, 11) is 0. The Kier molecular flexibility index (Phi) is 7.05. The van der Waals surface area contributed by atoms with E-state index in [1.54, 1.807) is 16.7 Å². The number of benzene rings is 1. The minimum Gasteiger partial charge on any atom is -0.126 e. The maximum absolute atomic E-state index is 2.47. The smallest absolute Gasteiger partial charge is 0.00780 e. The van der Waals surface area contributed by atoms with Gasteiger partial charge < -0.3 is 0 Å². The molecule has 0 radical (unpaired) electrons. The molecule has 0 nitrogen and oxygen atoms in total. The van der Waals surface area contributed by atoms with Gasteiger partial charge in [-0.3, -0.25) is 0 Å². The Morgan fingerprint density at radius 1 is 0.818 bits per heavy atom. The first-order valence-corrected chi connectivity index (χ1v) is 9.90. The van der Waals surface area contributed by atoms with Crippen molar-refractivity contribution in [2.75, 3.05) is 5.75 Å². The Bertz CT molecular complexity index is 437. The van der Waals surface area contributed by atoms with Crippen LogP contribution in [-0.4, -0.2) is 5.75 Å². The van der Waals surface area contributed by atoms with E-state index in [0.29, 0.717) is 0 Å². The van der Waals surface area contributed by atoms with Crippen LogP contribution in [0.1, 0.15) is 91.3 Å². The van der Waals surface area contributed by atoms with E-state index < -0.39 is 0 Å². The number of rotatable bonds is 6. The minimum atomic E-state index is 0.214. The highest BCUT2D eigenvalue weighted by Gasteiger charge is 2.26. The molecule has 0 aromatic heterocycles. The van der Waals surface area contributed by atoms with Gasteiger partial charge in [0.05, 0.1) is 0 Å². The summed E-state index contributed by atoms with van der Waals surface area (Å²) in [6, 6.07) is 4.95. The predicted octanol–water partition coefficient (Wildman–Crippen LogP) is 7.13. The number of unbranched alkanes of at least 4 members (excludes halogenated alkanes) is 1. The zero-order valence-corrected chi connectivity index (χ0v) is 16.9. The van der Waals surface area contributed by atoms with Crippen molar-refractivity contribution in [3.8, 4) is 0 Å². The molecule has 0 amide bonds. The lowest BCUT2D eigenvalue weighted by Gasteiger charge is -2.31. The summed E-state index contributed by atoms with van der Waals surface area (Å²) in [5, 5.41) is 0. The lowest BCUT2D eigenvalue weighted by atomic mass is 9.75. The fourth-order valence-electron chi connectivity index (χ4n) is 2.92. The molecule has 0 saturated carbocycles. The summed E-state index contributed by atoms with van der Waals surface area (Å²) >= 11 is 2.03. The lowest BCUT2D eigenvalue weighted by Crippen LogP contribution is -2.21. The van der Waals surface area contributed by atoms with Crippen LogP contribution in [-0.2, 0) is 17.3 Å². The second kappa shape index (κ2) is 7.90. The van der Waals surface area contributed by atoms with Crippen LogP contribution in [0.2, 0.25) is 0 Å². The molecule has 0 aliphatic carbocycles. The summed E-state index contributed by atoms with van der Waals surface area (Å²) < 4.78 is 0. The first kappa shape index (κ1) is 19.6. The van der Waals surface area contributed by atoms with Crippen LogP contribution in [0, 0.1) is 0 Å². The summed E-state index contributed by atoms with van der Waals surface area (Å²) in [4.78, 5) is 1.46. The molecule has 0 heterocycles. The van der Waals surface area contributed by atoms with Gasteiger partial charge in [0.1, 0.15) is 0 Å². The van der Waals surface area contributed by atoms with Gasteiger partial charge >= 0.3 is 0 Å². The van der Waals surface area contributed by atoms with Crippen molar-refractivity contribution in [3.63, 3.8) is 0 Å². The Morgan fingerprint density at radius 3 is 1.68 bits per heavy atom. The molecule has 0 fully saturated rings. The van der Waals surface area contributed by atoms with E-state index in [9.17, 15) is 0 Å². The molecule has 1 heteroatoms. The molecule has 0 spiro atoms. The Labute approximate surface area is 143 Å². The van der Waals surface area contributed by atoms with Gasteiger partial charge in [-0.1, -0.05) is 68.2 Å². The molecule has 1 aromatic carbocycles. The Morgan fingerprint density at radius 2 is 1.32 bits per heavy atom. The van der Waals surface area contributed by atoms with E-state index in [0.717, 1.165) is 0 Å². The molecule has 0 aliphatic heterocycles. The highest BCUT2D eigenvalue weighted by atomic mass is 32.2. The van der Waals surface area contributed by atoms with Crippen molar-refractivity contribution >= 4 is 11.8 Å². The maximum atomic E-state index is 2.47. The van der Waals surface area contributed by atoms with Crippen molar-refractivity contribution in [1.82, 2.24) is 0 Å². The van der Waals surface area contributed by atoms with E-state index in [4.69, 9.17) is 0 Å². The van der Waals surface area contributed by atoms with Gasteiger partial charge in [0.15, 0.2) is 0 Å². The van der Waals surface area contributed by atoms with Crippen LogP contribution in [0.5, 0.6) is 0 Å². The molecular formula is C21H36S. The highest BCUT2D eigenvalue weighted by molar-refractivity contribution is 7.99. The summed E-state index contributed by atoms with van der Waals surface area (Å²) in [5.74, 6) is 1.23. The summed E-state index contributed by atoms with van der Waals surface area (Å²) in [5.41, 5.74) is 5.14. The Balaban J connectivity index is 3.40. The van der Waals surface area contributed by atoms with Gasteiger partial charge in [-0.25, -0.2) is 0 Å². The molecular weight excluding hydrogens is 284 g/mol. The van der Waals surface area contributed by atoms with Crippen LogP contribution < -0.4 is 0 Å². The van der Waals surface area contributed by atoms with Crippen molar-refractivity contribution in [2.24, 2.45) is 0 Å². The van der Waals surface area contributed by atoms with E-state index in [1.165, 1.54) is 36.3 Å². The van der Waals surface area contributed by atoms with Crippen LogP contribution in [0.15, 0.2) is 17.0 Å². The van der Waals surface area contributed by atoms with Crippen molar-refractivity contribution in [2.45, 2.75) is 96.8 Å². The average molecular weight is 321 g/mol. The normalized spacial score (nSPS) is 12.7. The van der Waals surface area contributed by atoms with Crippen molar-refractivity contribution in [1.29, 1.82) is 0 Å². The topological polar surface area (TPSA) is 0 Å². The maximum Gasteiger partial charge on any atom is 0.00780 e. The first-order chi connectivity index (χ1) is 10.1. The SMILES string of the molecule is CCCCSc1cc(C(C)(C)C)c(CCC)c(C(C)(C)C)c1. The molecule has 0 atom stereocenters. The Hall–Kier alpha value is -0.430. The molecule has 0 unspecified atom stereocenters. The molecule has 0 saturated heterocycles. The zero-order chi connectivity index (χ0) is 17.0. The second-order valence-electron chi connectivity index (χ2n) is 8.45. The molecule has 0 N–H and O–H groups in total. The molecule has 22 heavy (non-hydrogen) atoms. The standard InChI is InChI=1S/C21H36S/c1-9-11-13-22-16-14-18(20(3,4)5)17(12-10-2)19(15-16)21(6,7)8/h14-15H,9-13H2,1-8H3. The van der Waals surface area contributed by atoms with E-state index in [1.807, 2.05) is 11.8 Å². The molecule has 0 bridgehead atoms. The minimum absolute atomic E-state index is 0.214. The highest BCUT2D eigenvalue weighted by Crippen LogP contribution is 2.38. The van der Waals surface area contributed by atoms with E-state index >= 15 is 0 Å². The monoisotopic (exact) mass is 320 g/mol. The summed E-state index contributed by atoms with van der Waals surface area (Å²) in [6.45, 7) is 18.7. The van der Waals surface area contributed by atoms with Crippen LogP contribution in [0.4, 0.5) is 0 Å². The average Bonchev–Trinajstić information content (AvgIpc) is 2.38. The number of hydrogen-bond acceptors (Lipinski definition) is 1. The van der Waals surface area contributed by atoms with Gasteiger partial charge in [0.25, 0.3) is 0 Å². The molecule has 126 valence electrons. The van der Waals surface area contributed by atoms with Gasteiger partial charge in [-0.15, -0.1) is 11.8 Å². The van der Waals surface area contributed by atoms with Gasteiger partial charge in [0.2, 0.25) is 0 Å². The van der Waals surface area contributed by atoms with Crippen molar-refractivity contribution in [3.05, 3.63) is 28.8 Å². The zero-order valence-electron chi connectivity index (χ0n) is 16.1. The van der Waals surface area contributed by atoms with Crippen molar-refractivity contribution < 1.29 is 0 Å². The first-order valence-electron chi connectivity index (χ1n) is 8.92. The van der Waals surface area contributed by atoms with Gasteiger partial charge in [0, 0.05) is 4.90 Å². The van der Waals surface area contributed by atoms with Crippen LogP contribution >= 0.6 is 11.8 Å². The van der Waals surface area contributed by atoms with E-state index in [-0.39, 0.29) is 10.8 Å². The number of thioether (sulfide) groups is 1. The largest absolute Gasteiger partial charge is 0.126 e. The fourth-order valence-corrected chi connectivity index (χ4v) is 3.99. The van der Waals surface area contributed by atoms with Crippen LogP contribution in [0.25, 0.3) is 0 Å². The lowest BCUT2D eigenvalue weighted by molar-refractivity contribution is 0.550. The van der Waals surface area contributed by atoms with Gasteiger partial charge in [-0.05, 0) is 58.2 Å². The third kappa shape index (κ3) is 5.33. The van der Waals surface area contributed by atoms with Crippen LogP contribution in [0.3, 0.4) is 0 Å². The van der Waals surface area contributed by atoms with E-state index in [2.05, 4.69) is 67.5 Å². The summed E-state index contributed by atoms with van der Waals surface area (Å²) in [6.07, 6.45) is 4.99. The molecule has 1 aromatic rings. The van der Waals surface area contributed by atoms with Gasteiger partial charge in [-0.2, -0.15) is 0 Å². The predicted molar refractivity (Wildman–Crippen MR) is 103 cm³/mol. The molecule has 1 rings (SSSR count).